The molecule has 7 heteroatoms. The van der Waals surface area contributed by atoms with Gasteiger partial charge >= 0.3 is 0 Å². The van der Waals surface area contributed by atoms with Gasteiger partial charge in [-0.25, -0.2) is 4.39 Å². The van der Waals surface area contributed by atoms with Crippen LogP contribution in [0.4, 0.5) is 4.39 Å². The Kier molecular flexibility index (Phi) is 7.92. The molecule has 0 aliphatic heterocycles. The van der Waals surface area contributed by atoms with Crippen LogP contribution < -0.4 is 0 Å². The number of benzene rings is 4. The van der Waals surface area contributed by atoms with Crippen LogP contribution in [0.1, 0.15) is 5.69 Å². The van der Waals surface area contributed by atoms with Crippen LogP contribution in [0.3, 0.4) is 0 Å². The molecule has 0 N–H and O–H groups in total. The number of hydrogen-bond donors (Lipinski definition) is 0. The fourth-order valence-electron chi connectivity index (χ4n) is 5.04. The fraction of sp³-hybridized carbons (Fsp3) is 0.0278. The SMILES string of the molecule is Cc1cc2c(cn1)nc(-c1[c-]ccc3c1oc1cc(F)ccc13)n2-c1ccccc1.[Ir].[c-]1ccccc1-c1ccccn1. The van der Waals surface area contributed by atoms with E-state index in [1.807, 2.05) is 97.9 Å². The van der Waals surface area contributed by atoms with E-state index in [9.17, 15) is 4.39 Å². The van der Waals surface area contributed by atoms with Gasteiger partial charge in [0.2, 0.25) is 0 Å². The smallest absolute Gasteiger partial charge is 0.126 e. The average Bonchev–Trinajstić information content (AvgIpc) is 3.60. The standard InChI is InChI=1S/C25H15FN3O.C11H8N.Ir/c1-15-12-22-21(14-27-15)28-25(29(22)17-6-3-2-4-7-17)20-9-5-8-19-18-11-10-16(26)13-23(18)30-24(19)20;1-2-6-10(7-3-1)11-8-4-5-9-12-11;/h2-8,10-14H,1H3;1-6,8-9H;/q2*-1;. The van der Waals surface area contributed by atoms with Crippen LogP contribution >= 0.6 is 0 Å². The van der Waals surface area contributed by atoms with Crippen molar-refractivity contribution in [2.45, 2.75) is 6.92 Å². The second-order valence-electron chi connectivity index (χ2n) is 9.75. The Hall–Kier alpha value is -4.97. The molecule has 1 radical (unpaired) electrons. The number of rotatable bonds is 3. The molecule has 211 valence electrons. The van der Waals surface area contributed by atoms with Gasteiger partial charge in [0, 0.05) is 49.1 Å². The Labute approximate surface area is 261 Å². The van der Waals surface area contributed by atoms with Gasteiger partial charge in [0.25, 0.3) is 0 Å². The minimum Gasteiger partial charge on any atom is -0.500 e. The summed E-state index contributed by atoms with van der Waals surface area (Å²) < 4.78 is 21.9. The largest absolute Gasteiger partial charge is 0.500 e. The number of pyridine rings is 2. The number of nitrogens with zero attached hydrogens (tertiary/aromatic N) is 4. The van der Waals surface area contributed by atoms with Crippen molar-refractivity contribution in [1.29, 1.82) is 0 Å². The number of halogens is 1. The number of aromatic nitrogens is 4. The first-order chi connectivity index (χ1) is 20.7. The maximum atomic E-state index is 13.8. The van der Waals surface area contributed by atoms with E-state index in [2.05, 4.69) is 26.7 Å². The van der Waals surface area contributed by atoms with Gasteiger partial charge < -0.3 is 14.0 Å². The van der Waals surface area contributed by atoms with E-state index in [-0.39, 0.29) is 25.9 Å². The van der Waals surface area contributed by atoms with Crippen molar-refractivity contribution >= 4 is 33.0 Å². The molecule has 0 saturated heterocycles. The van der Waals surface area contributed by atoms with Crippen molar-refractivity contribution in [3.8, 4) is 28.3 Å². The predicted molar refractivity (Wildman–Crippen MR) is 164 cm³/mol. The molecule has 5 nitrogen and oxygen atoms in total. The summed E-state index contributed by atoms with van der Waals surface area (Å²) in [5.41, 5.74) is 7.50. The van der Waals surface area contributed by atoms with Crippen LogP contribution in [0, 0.1) is 24.9 Å². The molecule has 0 fully saturated rings. The summed E-state index contributed by atoms with van der Waals surface area (Å²) in [5, 5.41) is 1.77. The van der Waals surface area contributed by atoms with Crippen molar-refractivity contribution in [2.75, 3.05) is 0 Å². The Bertz CT molecular complexity index is 2120. The zero-order chi connectivity index (χ0) is 28.5. The van der Waals surface area contributed by atoms with Gasteiger partial charge in [-0.1, -0.05) is 41.3 Å². The van der Waals surface area contributed by atoms with Gasteiger partial charge in [0.05, 0.1) is 28.6 Å². The van der Waals surface area contributed by atoms with Gasteiger partial charge in [0.1, 0.15) is 11.4 Å². The van der Waals surface area contributed by atoms with E-state index < -0.39 is 0 Å². The number of hydrogen-bond acceptors (Lipinski definition) is 4. The molecular formula is C36H23FIrN4O-2. The van der Waals surface area contributed by atoms with Crippen molar-refractivity contribution in [2.24, 2.45) is 0 Å². The van der Waals surface area contributed by atoms with E-state index in [4.69, 9.17) is 9.40 Å². The van der Waals surface area contributed by atoms with Gasteiger partial charge in [-0.2, -0.15) is 0 Å². The van der Waals surface area contributed by atoms with E-state index in [0.29, 0.717) is 17.0 Å². The van der Waals surface area contributed by atoms with Crippen molar-refractivity contribution in [1.82, 2.24) is 19.5 Å². The normalized spacial score (nSPS) is 10.8. The molecule has 4 aromatic carbocycles. The van der Waals surface area contributed by atoms with Crippen molar-refractivity contribution in [3.63, 3.8) is 0 Å². The van der Waals surface area contributed by atoms with Gasteiger partial charge in [-0.3, -0.25) is 9.97 Å². The molecule has 0 aliphatic rings. The maximum Gasteiger partial charge on any atom is 0.126 e. The molecule has 0 atom stereocenters. The van der Waals surface area contributed by atoms with Crippen LogP contribution in [0.15, 0.2) is 126 Å². The van der Waals surface area contributed by atoms with Gasteiger partial charge in [-0.05, 0) is 49.0 Å². The fourth-order valence-corrected chi connectivity index (χ4v) is 5.04. The third-order valence-electron chi connectivity index (χ3n) is 6.96. The van der Waals surface area contributed by atoms with Crippen LogP contribution in [-0.2, 0) is 20.1 Å². The summed E-state index contributed by atoms with van der Waals surface area (Å²) in [6, 6.07) is 40.6. The first-order valence-corrected chi connectivity index (χ1v) is 13.5. The minimum absolute atomic E-state index is 0. The van der Waals surface area contributed by atoms with Crippen LogP contribution in [0.2, 0.25) is 0 Å². The molecule has 8 aromatic rings. The van der Waals surface area contributed by atoms with E-state index in [0.717, 1.165) is 50.0 Å². The molecule has 0 unspecified atom stereocenters. The molecule has 0 aliphatic carbocycles. The van der Waals surface area contributed by atoms with Crippen LogP contribution in [-0.4, -0.2) is 19.5 Å². The second-order valence-corrected chi connectivity index (χ2v) is 9.75. The second kappa shape index (κ2) is 12.1. The summed E-state index contributed by atoms with van der Waals surface area (Å²) in [7, 11) is 0. The van der Waals surface area contributed by atoms with E-state index in [1.54, 1.807) is 18.5 Å². The van der Waals surface area contributed by atoms with Gasteiger partial charge in [-0.15, -0.1) is 54.1 Å². The summed E-state index contributed by atoms with van der Waals surface area (Å²) >= 11 is 0. The minimum atomic E-state index is -0.329. The third kappa shape index (κ3) is 5.48. The summed E-state index contributed by atoms with van der Waals surface area (Å²) in [4.78, 5) is 13.5. The molecule has 0 saturated carbocycles. The van der Waals surface area contributed by atoms with E-state index >= 15 is 0 Å². The molecule has 8 rings (SSSR count). The van der Waals surface area contributed by atoms with Crippen LogP contribution in [0.25, 0.3) is 61.3 Å². The van der Waals surface area contributed by atoms with Gasteiger partial charge in [0.15, 0.2) is 0 Å². The van der Waals surface area contributed by atoms with Crippen LogP contribution in [0.5, 0.6) is 0 Å². The maximum absolute atomic E-state index is 13.8. The molecular weight excluding hydrogens is 716 g/mol. The van der Waals surface area contributed by atoms with Crippen molar-refractivity contribution in [3.05, 3.63) is 145 Å². The topological polar surface area (TPSA) is 56.7 Å². The summed E-state index contributed by atoms with van der Waals surface area (Å²) in [6.45, 7) is 1.96. The number of aryl methyl sites for hydroxylation is 1. The Morgan fingerprint density at radius 2 is 1.63 bits per heavy atom. The number of fused-ring (bicyclic) bond motifs is 4. The first-order valence-electron chi connectivity index (χ1n) is 13.5. The molecule has 4 heterocycles. The number of imidazole rings is 1. The third-order valence-corrected chi connectivity index (χ3v) is 6.96. The number of furan rings is 1. The molecule has 0 amide bonds. The summed E-state index contributed by atoms with van der Waals surface area (Å²) in [5.74, 6) is 0.374. The zero-order valence-corrected chi connectivity index (χ0v) is 25.4. The quantitative estimate of drug-likeness (QED) is 0.170. The molecule has 0 bridgehead atoms. The zero-order valence-electron chi connectivity index (χ0n) is 23.0. The Balaban J connectivity index is 0.000000213. The first kappa shape index (κ1) is 28.2. The molecule has 4 aromatic heterocycles. The Morgan fingerprint density at radius 3 is 2.42 bits per heavy atom. The van der Waals surface area contributed by atoms with E-state index in [1.165, 1.54) is 12.1 Å². The number of para-hydroxylation sites is 1. The average molecular weight is 739 g/mol. The summed E-state index contributed by atoms with van der Waals surface area (Å²) in [6.07, 6.45) is 3.57. The monoisotopic (exact) mass is 739 g/mol. The predicted octanol–water partition coefficient (Wildman–Crippen LogP) is 8.78. The molecule has 43 heavy (non-hydrogen) atoms. The molecule has 0 spiro atoms. The Morgan fingerprint density at radius 1 is 0.791 bits per heavy atom. The van der Waals surface area contributed by atoms with Crippen molar-refractivity contribution < 1.29 is 28.9 Å².